The lowest BCUT2D eigenvalue weighted by Gasteiger charge is -2.39. The number of carbonyl (C=O) groups excluding carboxylic acids is 1. The van der Waals surface area contributed by atoms with E-state index in [9.17, 15) is 9.90 Å². The normalized spacial score (nSPS) is 18.2. The third kappa shape index (κ3) is 3.97. The SMILES string of the molecule is CC(C)(C)C(=O)OC1(Cc2ccccc2O)CCNCC1. The summed E-state index contributed by atoms with van der Waals surface area (Å²) >= 11 is 0. The van der Waals surface area contributed by atoms with Crippen LogP contribution in [0.2, 0.25) is 0 Å². The van der Waals surface area contributed by atoms with Gasteiger partial charge in [0, 0.05) is 19.3 Å². The lowest BCUT2D eigenvalue weighted by Crippen LogP contribution is -2.48. The Morgan fingerprint density at radius 1 is 1.29 bits per heavy atom. The molecule has 4 nitrogen and oxygen atoms in total. The van der Waals surface area contributed by atoms with Gasteiger partial charge in [0.25, 0.3) is 0 Å². The van der Waals surface area contributed by atoms with Crippen LogP contribution in [-0.2, 0) is 16.0 Å². The van der Waals surface area contributed by atoms with Gasteiger partial charge >= 0.3 is 5.97 Å². The number of phenols is 1. The van der Waals surface area contributed by atoms with Gasteiger partial charge in [0.2, 0.25) is 0 Å². The number of piperidine rings is 1. The minimum absolute atomic E-state index is 0.181. The van der Waals surface area contributed by atoms with E-state index in [0.717, 1.165) is 31.5 Å². The van der Waals surface area contributed by atoms with Crippen LogP contribution in [0.3, 0.4) is 0 Å². The minimum atomic E-state index is -0.519. The number of hydrogen-bond donors (Lipinski definition) is 2. The molecule has 116 valence electrons. The standard InChI is InChI=1S/C17H25NO3/c1-16(2,3)15(20)21-17(8-10-18-11-9-17)12-13-6-4-5-7-14(13)19/h4-7,18-19H,8-12H2,1-3H3. The molecule has 4 heteroatoms. The van der Waals surface area contributed by atoms with Gasteiger partial charge < -0.3 is 15.2 Å². The molecule has 0 aliphatic carbocycles. The van der Waals surface area contributed by atoms with E-state index in [0.29, 0.717) is 6.42 Å². The summed E-state index contributed by atoms with van der Waals surface area (Å²) in [6.07, 6.45) is 2.09. The molecule has 1 aromatic carbocycles. The maximum Gasteiger partial charge on any atom is 0.311 e. The number of hydrogen-bond acceptors (Lipinski definition) is 4. The van der Waals surface area contributed by atoms with Crippen molar-refractivity contribution in [2.45, 2.75) is 45.6 Å². The number of benzene rings is 1. The first kappa shape index (κ1) is 15.8. The van der Waals surface area contributed by atoms with Gasteiger partial charge in [-0.25, -0.2) is 0 Å². The Morgan fingerprint density at radius 2 is 1.90 bits per heavy atom. The van der Waals surface area contributed by atoms with E-state index in [2.05, 4.69) is 5.32 Å². The Hall–Kier alpha value is -1.55. The number of rotatable bonds is 3. The van der Waals surface area contributed by atoms with Gasteiger partial charge in [-0.3, -0.25) is 4.79 Å². The maximum absolute atomic E-state index is 12.3. The highest BCUT2D eigenvalue weighted by atomic mass is 16.6. The number of phenolic OH excluding ortho intramolecular Hbond substituents is 1. The molecule has 2 N–H and O–H groups in total. The van der Waals surface area contributed by atoms with Crippen LogP contribution in [0.5, 0.6) is 5.75 Å². The molecule has 1 heterocycles. The number of aromatic hydroxyl groups is 1. The van der Waals surface area contributed by atoms with Crippen LogP contribution < -0.4 is 5.32 Å². The number of carbonyl (C=O) groups is 1. The summed E-state index contributed by atoms with van der Waals surface area (Å²) in [6.45, 7) is 7.24. The van der Waals surface area contributed by atoms with Crippen LogP contribution >= 0.6 is 0 Å². The van der Waals surface area contributed by atoms with Gasteiger partial charge in [-0.15, -0.1) is 0 Å². The predicted octanol–water partition coefficient (Wildman–Crippen LogP) is 2.65. The van der Waals surface area contributed by atoms with Crippen LogP contribution in [0.1, 0.15) is 39.2 Å². The fourth-order valence-electron chi connectivity index (χ4n) is 2.55. The first-order valence-electron chi connectivity index (χ1n) is 7.53. The topological polar surface area (TPSA) is 58.6 Å². The Bertz CT molecular complexity index is 499. The second-order valence-electron chi connectivity index (χ2n) is 6.88. The zero-order valence-corrected chi connectivity index (χ0v) is 13.1. The van der Waals surface area contributed by atoms with Crippen molar-refractivity contribution in [3.63, 3.8) is 0 Å². The number of esters is 1. The summed E-state index contributed by atoms with van der Waals surface area (Å²) in [4.78, 5) is 12.3. The molecule has 1 fully saturated rings. The molecule has 21 heavy (non-hydrogen) atoms. The summed E-state index contributed by atoms with van der Waals surface area (Å²) in [6, 6.07) is 7.27. The van der Waals surface area contributed by atoms with Gasteiger partial charge in [0.1, 0.15) is 11.4 Å². The van der Waals surface area contributed by atoms with Gasteiger partial charge in [-0.05, 0) is 45.5 Å². The van der Waals surface area contributed by atoms with Crippen LogP contribution in [0.25, 0.3) is 0 Å². The summed E-state index contributed by atoms with van der Waals surface area (Å²) < 4.78 is 5.91. The molecular weight excluding hydrogens is 266 g/mol. The number of nitrogens with one attached hydrogen (secondary N) is 1. The monoisotopic (exact) mass is 291 g/mol. The van der Waals surface area contributed by atoms with E-state index in [1.807, 2.05) is 32.9 Å². The van der Waals surface area contributed by atoms with Gasteiger partial charge in [0.15, 0.2) is 0 Å². The largest absolute Gasteiger partial charge is 0.508 e. The molecule has 0 amide bonds. The van der Waals surface area contributed by atoms with Crippen molar-refractivity contribution in [1.29, 1.82) is 0 Å². The van der Waals surface area contributed by atoms with Crippen LogP contribution in [0.4, 0.5) is 0 Å². The summed E-state index contributed by atoms with van der Waals surface area (Å²) in [5, 5.41) is 13.3. The van der Waals surface area contributed by atoms with Crippen molar-refractivity contribution in [1.82, 2.24) is 5.32 Å². The summed E-state index contributed by atoms with van der Waals surface area (Å²) in [7, 11) is 0. The third-order valence-corrected chi connectivity index (χ3v) is 3.94. The number of para-hydroxylation sites is 1. The van der Waals surface area contributed by atoms with Crippen molar-refractivity contribution in [2.24, 2.45) is 5.41 Å². The van der Waals surface area contributed by atoms with E-state index in [1.54, 1.807) is 12.1 Å². The summed E-state index contributed by atoms with van der Waals surface area (Å²) in [5.41, 5.74) is -0.202. The third-order valence-electron chi connectivity index (χ3n) is 3.94. The number of ether oxygens (including phenoxy) is 1. The molecule has 0 bridgehead atoms. The second-order valence-corrected chi connectivity index (χ2v) is 6.88. The quantitative estimate of drug-likeness (QED) is 0.841. The Balaban J connectivity index is 2.21. The van der Waals surface area contributed by atoms with Gasteiger partial charge in [0.05, 0.1) is 5.41 Å². The fraction of sp³-hybridized carbons (Fsp3) is 0.588. The van der Waals surface area contributed by atoms with Crippen LogP contribution in [0, 0.1) is 5.41 Å². The Labute approximate surface area is 126 Å². The summed E-state index contributed by atoms with van der Waals surface area (Å²) in [5.74, 6) is 0.0852. The Morgan fingerprint density at radius 3 is 2.48 bits per heavy atom. The molecule has 0 atom stereocenters. The molecule has 2 rings (SSSR count). The molecular formula is C17H25NO3. The maximum atomic E-state index is 12.3. The lowest BCUT2D eigenvalue weighted by atomic mass is 9.84. The molecule has 1 saturated heterocycles. The molecule has 0 aromatic heterocycles. The average Bonchev–Trinajstić information content (AvgIpc) is 2.41. The molecule has 1 aliphatic heterocycles. The first-order chi connectivity index (χ1) is 9.82. The second kappa shape index (κ2) is 6.06. The molecule has 1 aliphatic rings. The molecule has 0 unspecified atom stereocenters. The zero-order valence-electron chi connectivity index (χ0n) is 13.1. The van der Waals surface area contributed by atoms with E-state index in [1.165, 1.54) is 0 Å². The predicted molar refractivity (Wildman–Crippen MR) is 82.2 cm³/mol. The molecule has 0 saturated carbocycles. The molecule has 1 aromatic rings. The van der Waals surface area contributed by atoms with Crippen molar-refractivity contribution < 1.29 is 14.6 Å². The highest BCUT2D eigenvalue weighted by molar-refractivity contribution is 5.75. The smallest absolute Gasteiger partial charge is 0.311 e. The van der Waals surface area contributed by atoms with E-state index >= 15 is 0 Å². The molecule has 0 radical (unpaired) electrons. The Kier molecular flexibility index (Phi) is 4.57. The van der Waals surface area contributed by atoms with Crippen molar-refractivity contribution in [2.75, 3.05) is 13.1 Å². The molecule has 0 spiro atoms. The van der Waals surface area contributed by atoms with E-state index in [4.69, 9.17) is 4.74 Å². The average molecular weight is 291 g/mol. The minimum Gasteiger partial charge on any atom is -0.508 e. The first-order valence-corrected chi connectivity index (χ1v) is 7.53. The van der Waals surface area contributed by atoms with Crippen molar-refractivity contribution >= 4 is 5.97 Å². The lowest BCUT2D eigenvalue weighted by molar-refractivity contribution is -0.172. The fourth-order valence-corrected chi connectivity index (χ4v) is 2.55. The highest BCUT2D eigenvalue weighted by Gasteiger charge is 2.39. The van der Waals surface area contributed by atoms with Crippen molar-refractivity contribution in [3.05, 3.63) is 29.8 Å². The van der Waals surface area contributed by atoms with E-state index < -0.39 is 11.0 Å². The zero-order chi connectivity index (χ0) is 15.5. The van der Waals surface area contributed by atoms with Crippen molar-refractivity contribution in [3.8, 4) is 5.75 Å². The van der Waals surface area contributed by atoms with Crippen LogP contribution in [-0.4, -0.2) is 29.8 Å². The highest BCUT2D eigenvalue weighted by Crippen LogP contribution is 2.33. The van der Waals surface area contributed by atoms with Gasteiger partial charge in [-0.1, -0.05) is 18.2 Å². The van der Waals surface area contributed by atoms with Gasteiger partial charge in [-0.2, -0.15) is 0 Å². The van der Waals surface area contributed by atoms with E-state index in [-0.39, 0.29) is 11.7 Å². The van der Waals surface area contributed by atoms with Crippen LogP contribution in [0.15, 0.2) is 24.3 Å².